The van der Waals surface area contributed by atoms with Gasteiger partial charge in [-0.1, -0.05) is 13.8 Å². The Labute approximate surface area is 70.8 Å². The molecule has 1 unspecified atom stereocenters. The second kappa shape index (κ2) is 3.57. The summed E-state index contributed by atoms with van der Waals surface area (Å²) in [7, 11) is 2.24. The zero-order valence-corrected chi connectivity index (χ0v) is 8.30. The van der Waals surface area contributed by atoms with Crippen molar-refractivity contribution < 1.29 is 0 Å². The molecule has 0 aromatic rings. The summed E-state index contributed by atoms with van der Waals surface area (Å²) in [5, 5.41) is 0. The van der Waals surface area contributed by atoms with Gasteiger partial charge >= 0.3 is 0 Å². The fourth-order valence-electron chi connectivity index (χ4n) is 1.93. The van der Waals surface area contributed by atoms with Crippen molar-refractivity contribution in [1.29, 1.82) is 0 Å². The lowest BCUT2D eigenvalue weighted by molar-refractivity contribution is 0.129. The van der Waals surface area contributed by atoms with Crippen LogP contribution in [0.4, 0.5) is 0 Å². The standard InChI is InChI=1S/C10H21N/c1-8(2)10-5-6-11(4)9(3)7-10/h8-10H,5-7H2,1-4H3/t9-,10?/m1/s1. The average molecular weight is 155 g/mol. The minimum atomic E-state index is 0.802. The van der Waals surface area contributed by atoms with Gasteiger partial charge in [0.05, 0.1) is 0 Å². The van der Waals surface area contributed by atoms with E-state index in [-0.39, 0.29) is 0 Å². The van der Waals surface area contributed by atoms with Gasteiger partial charge in [-0.15, -0.1) is 0 Å². The van der Waals surface area contributed by atoms with Crippen LogP contribution in [0.2, 0.25) is 0 Å². The summed E-state index contributed by atoms with van der Waals surface area (Å²) in [5.41, 5.74) is 0. The Bertz CT molecular complexity index is 120. The van der Waals surface area contributed by atoms with E-state index in [1.807, 2.05) is 0 Å². The summed E-state index contributed by atoms with van der Waals surface area (Å²) in [6.07, 6.45) is 2.80. The van der Waals surface area contributed by atoms with Crippen LogP contribution in [0.3, 0.4) is 0 Å². The first-order valence-electron chi connectivity index (χ1n) is 4.81. The zero-order valence-electron chi connectivity index (χ0n) is 8.30. The molecule has 66 valence electrons. The van der Waals surface area contributed by atoms with E-state index in [9.17, 15) is 0 Å². The molecular formula is C10H21N. The summed E-state index contributed by atoms with van der Waals surface area (Å²) in [4.78, 5) is 2.47. The largest absolute Gasteiger partial charge is 0.304 e. The number of hydrogen-bond donors (Lipinski definition) is 0. The highest BCUT2D eigenvalue weighted by Gasteiger charge is 2.24. The van der Waals surface area contributed by atoms with Crippen molar-refractivity contribution in [2.75, 3.05) is 13.6 Å². The normalized spacial score (nSPS) is 34.6. The zero-order chi connectivity index (χ0) is 8.43. The van der Waals surface area contributed by atoms with E-state index >= 15 is 0 Å². The van der Waals surface area contributed by atoms with Gasteiger partial charge in [-0.05, 0) is 45.2 Å². The van der Waals surface area contributed by atoms with Gasteiger partial charge in [0.1, 0.15) is 0 Å². The van der Waals surface area contributed by atoms with Gasteiger partial charge < -0.3 is 4.90 Å². The van der Waals surface area contributed by atoms with Gasteiger partial charge in [-0.25, -0.2) is 0 Å². The number of likely N-dealkylation sites (tertiary alicyclic amines) is 1. The van der Waals surface area contributed by atoms with Crippen molar-refractivity contribution in [3.63, 3.8) is 0 Å². The number of hydrogen-bond acceptors (Lipinski definition) is 1. The smallest absolute Gasteiger partial charge is 0.00666 e. The Hall–Kier alpha value is -0.0400. The highest BCUT2D eigenvalue weighted by Crippen LogP contribution is 2.27. The Morgan fingerprint density at radius 3 is 2.45 bits per heavy atom. The van der Waals surface area contributed by atoms with Crippen molar-refractivity contribution in [3.8, 4) is 0 Å². The second-order valence-electron chi connectivity index (χ2n) is 4.36. The molecule has 1 heteroatoms. The topological polar surface area (TPSA) is 3.24 Å². The van der Waals surface area contributed by atoms with E-state index in [1.165, 1.54) is 19.4 Å². The SMILES string of the molecule is CC(C)C1CCN(C)[C@H](C)C1. The quantitative estimate of drug-likeness (QED) is 0.562. The number of piperidine rings is 1. The maximum atomic E-state index is 2.47. The molecule has 0 aromatic heterocycles. The van der Waals surface area contributed by atoms with E-state index in [1.54, 1.807) is 0 Å². The third-order valence-corrected chi connectivity index (χ3v) is 3.19. The molecule has 1 aliphatic heterocycles. The number of nitrogens with zero attached hydrogens (tertiary/aromatic N) is 1. The molecule has 1 rings (SSSR count). The monoisotopic (exact) mass is 155 g/mol. The van der Waals surface area contributed by atoms with Crippen LogP contribution in [0.1, 0.15) is 33.6 Å². The predicted octanol–water partition coefficient (Wildman–Crippen LogP) is 2.37. The van der Waals surface area contributed by atoms with Crippen molar-refractivity contribution in [3.05, 3.63) is 0 Å². The van der Waals surface area contributed by atoms with Gasteiger partial charge in [0.25, 0.3) is 0 Å². The van der Waals surface area contributed by atoms with Gasteiger partial charge in [-0.3, -0.25) is 0 Å². The molecule has 0 aromatic carbocycles. The molecule has 1 fully saturated rings. The molecule has 0 amide bonds. The van der Waals surface area contributed by atoms with Crippen LogP contribution in [0, 0.1) is 11.8 Å². The van der Waals surface area contributed by atoms with Crippen molar-refractivity contribution in [2.45, 2.75) is 39.7 Å². The van der Waals surface area contributed by atoms with Crippen LogP contribution in [0.25, 0.3) is 0 Å². The molecule has 0 spiro atoms. The van der Waals surface area contributed by atoms with E-state index in [0.29, 0.717) is 0 Å². The van der Waals surface area contributed by atoms with E-state index < -0.39 is 0 Å². The molecule has 1 aliphatic rings. The molecule has 0 N–H and O–H groups in total. The molecule has 0 bridgehead atoms. The van der Waals surface area contributed by atoms with Gasteiger partial charge in [0, 0.05) is 6.04 Å². The average Bonchev–Trinajstić information content (AvgIpc) is 1.94. The summed E-state index contributed by atoms with van der Waals surface area (Å²) in [6.45, 7) is 8.34. The molecule has 0 radical (unpaired) electrons. The molecule has 2 atom stereocenters. The van der Waals surface area contributed by atoms with Crippen LogP contribution >= 0.6 is 0 Å². The molecule has 1 nitrogen and oxygen atoms in total. The van der Waals surface area contributed by atoms with Crippen LogP contribution in [0.15, 0.2) is 0 Å². The maximum absolute atomic E-state index is 2.47. The first-order valence-corrected chi connectivity index (χ1v) is 4.81. The van der Waals surface area contributed by atoms with Crippen LogP contribution in [-0.2, 0) is 0 Å². The predicted molar refractivity (Wildman–Crippen MR) is 49.7 cm³/mol. The third kappa shape index (κ3) is 2.19. The Morgan fingerprint density at radius 2 is 2.00 bits per heavy atom. The van der Waals surface area contributed by atoms with Crippen molar-refractivity contribution in [2.24, 2.45) is 11.8 Å². The van der Waals surface area contributed by atoms with Crippen LogP contribution in [0.5, 0.6) is 0 Å². The van der Waals surface area contributed by atoms with E-state index in [4.69, 9.17) is 0 Å². The number of rotatable bonds is 1. The summed E-state index contributed by atoms with van der Waals surface area (Å²) in [6, 6.07) is 0.802. The highest BCUT2D eigenvalue weighted by atomic mass is 15.1. The molecule has 0 aliphatic carbocycles. The fourth-order valence-corrected chi connectivity index (χ4v) is 1.93. The lowest BCUT2D eigenvalue weighted by Gasteiger charge is -2.36. The molecule has 11 heavy (non-hydrogen) atoms. The Kier molecular flexibility index (Phi) is 2.94. The molecule has 1 saturated heterocycles. The summed E-state index contributed by atoms with van der Waals surface area (Å²) >= 11 is 0. The van der Waals surface area contributed by atoms with E-state index in [2.05, 4.69) is 32.7 Å². The molecule has 1 heterocycles. The fraction of sp³-hybridized carbons (Fsp3) is 1.00. The van der Waals surface area contributed by atoms with Crippen molar-refractivity contribution in [1.82, 2.24) is 4.90 Å². The molecular weight excluding hydrogens is 134 g/mol. The van der Waals surface area contributed by atoms with Crippen LogP contribution < -0.4 is 0 Å². The highest BCUT2D eigenvalue weighted by molar-refractivity contribution is 4.77. The summed E-state index contributed by atoms with van der Waals surface area (Å²) in [5.74, 6) is 1.85. The Morgan fingerprint density at radius 1 is 1.36 bits per heavy atom. The third-order valence-electron chi connectivity index (χ3n) is 3.19. The maximum Gasteiger partial charge on any atom is 0.00666 e. The lowest BCUT2D eigenvalue weighted by atomic mass is 9.84. The first kappa shape index (κ1) is 9.05. The van der Waals surface area contributed by atoms with Crippen LogP contribution in [-0.4, -0.2) is 24.5 Å². The van der Waals surface area contributed by atoms with Gasteiger partial charge in [0.15, 0.2) is 0 Å². The van der Waals surface area contributed by atoms with E-state index in [0.717, 1.165) is 17.9 Å². The van der Waals surface area contributed by atoms with Gasteiger partial charge in [0.2, 0.25) is 0 Å². The van der Waals surface area contributed by atoms with Gasteiger partial charge in [-0.2, -0.15) is 0 Å². The Balaban J connectivity index is 2.40. The second-order valence-corrected chi connectivity index (χ2v) is 4.36. The minimum Gasteiger partial charge on any atom is -0.304 e. The van der Waals surface area contributed by atoms with Crippen molar-refractivity contribution >= 4 is 0 Å². The summed E-state index contributed by atoms with van der Waals surface area (Å²) < 4.78 is 0. The first-order chi connectivity index (χ1) is 5.11. The lowest BCUT2D eigenvalue weighted by Crippen LogP contribution is -2.39. The molecule has 0 saturated carbocycles. The minimum absolute atomic E-state index is 0.802.